The minimum absolute atomic E-state index is 0.0562. The van der Waals surface area contributed by atoms with Crippen LogP contribution in [-0.4, -0.2) is 34.2 Å². The second kappa shape index (κ2) is 9.80. The molecule has 1 amide bonds. The van der Waals surface area contributed by atoms with E-state index in [9.17, 15) is 4.79 Å². The topological polar surface area (TPSA) is 71.0 Å². The maximum Gasteiger partial charge on any atom is 0.225 e. The first-order valence-corrected chi connectivity index (χ1v) is 12.8. The van der Waals surface area contributed by atoms with Gasteiger partial charge in [0.05, 0.1) is 23.0 Å². The van der Waals surface area contributed by atoms with Gasteiger partial charge in [0.15, 0.2) is 5.82 Å². The molecule has 1 atom stereocenters. The van der Waals surface area contributed by atoms with E-state index < -0.39 is 0 Å². The lowest BCUT2D eigenvalue weighted by molar-refractivity contribution is -0.125. The summed E-state index contributed by atoms with van der Waals surface area (Å²) in [5.74, 6) is 0.870. The molecule has 0 radical (unpaired) electrons. The van der Waals surface area contributed by atoms with Crippen LogP contribution in [0.25, 0.3) is 21.1 Å². The molecular weight excluding hydrogens is 450 g/mol. The number of carbonyl (C=O) groups is 1. The van der Waals surface area contributed by atoms with Gasteiger partial charge in [-0.05, 0) is 43.3 Å². The number of amides is 1. The van der Waals surface area contributed by atoms with E-state index in [2.05, 4.69) is 32.5 Å². The van der Waals surface area contributed by atoms with Gasteiger partial charge < -0.3 is 10.2 Å². The van der Waals surface area contributed by atoms with Crippen LogP contribution in [0.5, 0.6) is 0 Å². The van der Waals surface area contributed by atoms with Gasteiger partial charge in [-0.3, -0.25) is 4.79 Å². The fraction of sp³-hybridized carbons (Fsp3) is 0.280. The molecule has 1 unspecified atom stereocenters. The predicted molar refractivity (Wildman–Crippen MR) is 134 cm³/mol. The lowest BCUT2D eigenvalue weighted by atomic mass is 9.97. The molecule has 0 aliphatic carbocycles. The Balaban J connectivity index is 1.20. The van der Waals surface area contributed by atoms with E-state index in [1.807, 2.05) is 54.8 Å². The first kappa shape index (κ1) is 21.7. The van der Waals surface area contributed by atoms with Crippen LogP contribution < -0.4 is 10.2 Å². The molecule has 3 aromatic heterocycles. The monoisotopic (exact) mass is 475 g/mol. The molecule has 1 aliphatic heterocycles. The Labute approximate surface area is 201 Å². The van der Waals surface area contributed by atoms with E-state index in [4.69, 9.17) is 4.98 Å². The second-order valence-corrected chi connectivity index (χ2v) is 10.2. The van der Waals surface area contributed by atoms with Crippen LogP contribution >= 0.6 is 22.7 Å². The van der Waals surface area contributed by atoms with Gasteiger partial charge in [0, 0.05) is 23.5 Å². The van der Waals surface area contributed by atoms with Crippen molar-refractivity contribution >= 4 is 34.4 Å². The molecule has 0 saturated carbocycles. The van der Waals surface area contributed by atoms with Crippen LogP contribution in [0.2, 0.25) is 0 Å². The lowest BCUT2D eigenvalue weighted by Gasteiger charge is -2.32. The summed E-state index contributed by atoms with van der Waals surface area (Å²) < 4.78 is 0. The molecule has 1 aliphatic rings. The number of nitrogens with zero attached hydrogens (tertiary/aromatic N) is 4. The van der Waals surface area contributed by atoms with Gasteiger partial charge in [-0.1, -0.05) is 36.4 Å². The minimum atomic E-state index is -0.0562. The van der Waals surface area contributed by atoms with Crippen molar-refractivity contribution in [2.75, 3.05) is 18.0 Å². The van der Waals surface area contributed by atoms with Gasteiger partial charge in [0.25, 0.3) is 0 Å². The molecule has 0 bridgehead atoms. The Morgan fingerprint density at radius 2 is 2.00 bits per heavy atom. The number of carbonyl (C=O) groups excluding carboxylic acids is 1. The number of rotatable bonds is 6. The predicted octanol–water partition coefficient (Wildman–Crippen LogP) is 5.17. The van der Waals surface area contributed by atoms with Crippen molar-refractivity contribution in [3.8, 4) is 21.1 Å². The van der Waals surface area contributed by atoms with Crippen molar-refractivity contribution < 1.29 is 4.79 Å². The van der Waals surface area contributed by atoms with E-state index in [0.717, 1.165) is 56.9 Å². The first-order chi connectivity index (χ1) is 16.2. The zero-order valence-corrected chi connectivity index (χ0v) is 20.0. The summed E-state index contributed by atoms with van der Waals surface area (Å²) in [7, 11) is 0. The fourth-order valence-electron chi connectivity index (χ4n) is 4.06. The van der Waals surface area contributed by atoms with Gasteiger partial charge in [-0.25, -0.2) is 4.98 Å². The highest BCUT2D eigenvalue weighted by atomic mass is 32.1. The van der Waals surface area contributed by atoms with Gasteiger partial charge >= 0.3 is 0 Å². The number of aromatic nitrogens is 3. The normalized spacial score (nSPS) is 16.0. The van der Waals surface area contributed by atoms with Crippen molar-refractivity contribution in [3.63, 3.8) is 0 Å². The molecule has 4 heterocycles. The third kappa shape index (κ3) is 4.96. The number of aryl methyl sites for hydroxylation is 1. The summed E-state index contributed by atoms with van der Waals surface area (Å²) in [6, 6.07) is 18.2. The largest absolute Gasteiger partial charge is 0.354 e. The van der Waals surface area contributed by atoms with Gasteiger partial charge in [0.1, 0.15) is 10.7 Å². The Kier molecular flexibility index (Phi) is 6.46. The van der Waals surface area contributed by atoms with E-state index in [1.165, 1.54) is 0 Å². The van der Waals surface area contributed by atoms with Crippen molar-refractivity contribution in [2.45, 2.75) is 26.3 Å². The third-order valence-electron chi connectivity index (χ3n) is 5.88. The van der Waals surface area contributed by atoms with Crippen LogP contribution in [-0.2, 0) is 11.3 Å². The average Bonchev–Trinajstić information content (AvgIpc) is 3.53. The van der Waals surface area contributed by atoms with Crippen molar-refractivity contribution in [3.05, 3.63) is 70.5 Å². The molecule has 6 nitrogen and oxygen atoms in total. The molecule has 0 spiro atoms. The van der Waals surface area contributed by atoms with Gasteiger partial charge in [-0.15, -0.1) is 32.9 Å². The molecule has 1 N–H and O–H groups in total. The van der Waals surface area contributed by atoms with E-state index >= 15 is 0 Å². The lowest BCUT2D eigenvalue weighted by Crippen LogP contribution is -2.43. The summed E-state index contributed by atoms with van der Waals surface area (Å²) >= 11 is 3.30. The Morgan fingerprint density at radius 1 is 1.12 bits per heavy atom. The average molecular weight is 476 g/mol. The number of anilines is 1. The van der Waals surface area contributed by atoms with E-state index in [1.54, 1.807) is 22.7 Å². The molecule has 4 aromatic rings. The molecule has 1 aromatic carbocycles. The van der Waals surface area contributed by atoms with Crippen LogP contribution in [0, 0.1) is 12.8 Å². The zero-order valence-electron chi connectivity index (χ0n) is 18.4. The number of hydrogen-bond acceptors (Lipinski definition) is 7. The number of nitrogens with one attached hydrogen (secondary N) is 1. The molecule has 8 heteroatoms. The number of thiophene rings is 1. The Bertz CT molecular complexity index is 1210. The van der Waals surface area contributed by atoms with Gasteiger partial charge in [0.2, 0.25) is 5.91 Å². The molecule has 33 heavy (non-hydrogen) atoms. The molecule has 1 fully saturated rings. The van der Waals surface area contributed by atoms with E-state index in [0.29, 0.717) is 13.1 Å². The van der Waals surface area contributed by atoms with Crippen LogP contribution in [0.15, 0.2) is 60.0 Å². The maximum absolute atomic E-state index is 13.0. The summed E-state index contributed by atoms with van der Waals surface area (Å²) in [4.78, 5) is 22.0. The highest BCUT2D eigenvalue weighted by molar-refractivity contribution is 7.15. The Hall–Kier alpha value is -3.10. The quantitative estimate of drug-likeness (QED) is 0.417. The van der Waals surface area contributed by atoms with Crippen LogP contribution in [0.3, 0.4) is 0 Å². The van der Waals surface area contributed by atoms with Crippen molar-refractivity contribution in [2.24, 2.45) is 5.92 Å². The highest BCUT2D eigenvalue weighted by Gasteiger charge is 2.27. The van der Waals surface area contributed by atoms with Crippen LogP contribution in [0.1, 0.15) is 23.4 Å². The second-order valence-electron chi connectivity index (χ2n) is 8.15. The smallest absolute Gasteiger partial charge is 0.225 e. The van der Waals surface area contributed by atoms with Crippen LogP contribution in [0.4, 0.5) is 5.82 Å². The van der Waals surface area contributed by atoms with Crippen molar-refractivity contribution in [1.82, 2.24) is 20.5 Å². The number of hydrogen-bond donors (Lipinski definition) is 1. The summed E-state index contributed by atoms with van der Waals surface area (Å²) in [6.07, 6.45) is 1.85. The zero-order chi connectivity index (χ0) is 22.6. The number of piperidine rings is 1. The standard InChI is InChI=1S/C25H25N5OS2/c1-17-22(33-25(27-17)18-7-3-2-4-8-18)15-26-24(31)19-9-5-13-30(16-19)23-12-11-20(28-29-23)21-10-6-14-32-21/h2-4,6-8,10-12,14,19H,5,9,13,15-16H2,1H3,(H,26,31). The number of benzene rings is 1. The Morgan fingerprint density at radius 3 is 2.76 bits per heavy atom. The summed E-state index contributed by atoms with van der Waals surface area (Å²) in [5, 5.41) is 15.0. The molecular formula is C25H25N5OS2. The highest BCUT2D eigenvalue weighted by Crippen LogP contribution is 2.28. The SMILES string of the molecule is Cc1nc(-c2ccccc2)sc1CNC(=O)C1CCCN(c2ccc(-c3cccs3)nn2)C1. The summed E-state index contributed by atoms with van der Waals surface area (Å²) in [6.45, 7) is 4.08. The summed E-state index contributed by atoms with van der Waals surface area (Å²) in [5.41, 5.74) is 2.97. The minimum Gasteiger partial charge on any atom is -0.354 e. The maximum atomic E-state index is 13.0. The van der Waals surface area contributed by atoms with Crippen molar-refractivity contribution in [1.29, 1.82) is 0 Å². The van der Waals surface area contributed by atoms with E-state index in [-0.39, 0.29) is 11.8 Å². The van der Waals surface area contributed by atoms with Gasteiger partial charge in [-0.2, -0.15) is 0 Å². The number of thiazole rings is 1. The first-order valence-electron chi connectivity index (χ1n) is 11.1. The molecule has 5 rings (SSSR count). The molecule has 168 valence electrons. The third-order valence-corrected chi connectivity index (χ3v) is 7.98. The fourth-order valence-corrected chi connectivity index (χ4v) is 5.75. The molecule has 1 saturated heterocycles.